The van der Waals surface area contributed by atoms with Crippen LogP contribution in [-0.4, -0.2) is 60.4 Å². The molecule has 3 aromatic rings. The summed E-state index contributed by atoms with van der Waals surface area (Å²) in [7, 11) is 3.23. The lowest BCUT2D eigenvalue weighted by atomic mass is 10.1. The van der Waals surface area contributed by atoms with Crippen molar-refractivity contribution < 1.29 is 13.9 Å². The Morgan fingerprint density at radius 1 is 1.03 bits per heavy atom. The Balaban J connectivity index is 1.44. The minimum absolute atomic E-state index is 0.00520. The molecule has 4 rings (SSSR count). The Hall–Kier alpha value is -3.20. The summed E-state index contributed by atoms with van der Waals surface area (Å²) in [6.45, 7) is 5.09. The van der Waals surface area contributed by atoms with Gasteiger partial charge in [-0.15, -0.1) is 0 Å². The number of anilines is 1. The van der Waals surface area contributed by atoms with Crippen molar-refractivity contribution in [2.75, 3.05) is 45.3 Å². The van der Waals surface area contributed by atoms with Crippen molar-refractivity contribution in [2.45, 2.75) is 13.0 Å². The van der Waals surface area contributed by atoms with Crippen LogP contribution >= 0.6 is 12.2 Å². The Morgan fingerprint density at radius 3 is 2.34 bits per heavy atom. The van der Waals surface area contributed by atoms with Crippen LogP contribution < -0.4 is 19.7 Å². The van der Waals surface area contributed by atoms with Crippen LogP contribution in [0.5, 0.6) is 11.5 Å². The van der Waals surface area contributed by atoms with Crippen molar-refractivity contribution in [3.05, 3.63) is 54.1 Å². The molecule has 0 saturated carbocycles. The van der Waals surface area contributed by atoms with Crippen LogP contribution in [0.3, 0.4) is 0 Å². The predicted molar refractivity (Wildman–Crippen MR) is 127 cm³/mol. The molecule has 2 aromatic carbocycles. The number of nitrogens with zero attached hydrogens (tertiary/aromatic N) is 4. The number of halogens is 1. The molecule has 1 saturated heterocycles. The van der Waals surface area contributed by atoms with Crippen LogP contribution in [0.4, 0.5) is 10.2 Å². The molecule has 1 aliphatic heterocycles. The number of nitrogens with one attached hydrogen (secondary N) is 1. The maximum absolute atomic E-state index is 13.2. The van der Waals surface area contributed by atoms with Gasteiger partial charge < -0.3 is 24.6 Å². The highest BCUT2D eigenvalue weighted by Crippen LogP contribution is 2.34. The fourth-order valence-corrected chi connectivity index (χ4v) is 4.21. The van der Waals surface area contributed by atoms with E-state index in [9.17, 15) is 4.39 Å². The lowest BCUT2D eigenvalue weighted by Gasteiger charge is -2.37. The quantitative estimate of drug-likeness (QED) is 0.586. The molecule has 9 heteroatoms. The van der Waals surface area contributed by atoms with Gasteiger partial charge in [0, 0.05) is 37.6 Å². The molecule has 2 heterocycles. The van der Waals surface area contributed by atoms with E-state index < -0.39 is 0 Å². The number of fused-ring (bicyclic) bond motifs is 1. The third-order valence-electron chi connectivity index (χ3n) is 5.70. The van der Waals surface area contributed by atoms with Gasteiger partial charge in [-0.3, -0.25) is 0 Å². The maximum atomic E-state index is 13.2. The number of hydrogen-bond acceptors (Lipinski definition) is 6. The molecule has 168 valence electrons. The second-order valence-electron chi connectivity index (χ2n) is 7.62. The molecule has 0 spiro atoms. The zero-order chi connectivity index (χ0) is 22.7. The number of thiocarbonyl (C=S) groups is 1. The van der Waals surface area contributed by atoms with Gasteiger partial charge in [0.1, 0.15) is 18.0 Å². The standard InChI is InChI=1S/C23H26FN5O2S/c1-15(16-4-6-17(24)7-5-16)27-23(32)29-10-8-28(9-11-29)22-18-12-20(30-2)21(31-3)13-19(18)25-14-26-22/h4-7,12-15H,8-11H2,1-3H3,(H,27,32). The van der Waals surface area contributed by atoms with Crippen molar-refractivity contribution >= 4 is 34.1 Å². The SMILES string of the molecule is COc1cc2ncnc(N3CCN(C(=S)NC(C)c4ccc(F)cc4)CC3)c2cc1OC. The van der Waals surface area contributed by atoms with E-state index in [0.29, 0.717) is 16.6 Å². The second-order valence-corrected chi connectivity index (χ2v) is 8.01. The average molecular weight is 456 g/mol. The van der Waals surface area contributed by atoms with Gasteiger partial charge >= 0.3 is 0 Å². The van der Waals surface area contributed by atoms with Crippen LogP contribution in [0, 0.1) is 5.82 Å². The molecule has 0 radical (unpaired) electrons. The van der Waals surface area contributed by atoms with Gasteiger partial charge in [-0.25, -0.2) is 14.4 Å². The molecule has 32 heavy (non-hydrogen) atoms. The lowest BCUT2D eigenvalue weighted by molar-refractivity contribution is 0.355. The first-order valence-electron chi connectivity index (χ1n) is 10.4. The van der Waals surface area contributed by atoms with Crippen molar-refractivity contribution in [1.82, 2.24) is 20.2 Å². The van der Waals surface area contributed by atoms with E-state index >= 15 is 0 Å². The number of methoxy groups -OCH3 is 2. The van der Waals surface area contributed by atoms with Crippen LogP contribution in [-0.2, 0) is 0 Å². The molecule has 7 nitrogen and oxygen atoms in total. The van der Waals surface area contributed by atoms with Gasteiger partial charge in [0.2, 0.25) is 0 Å². The summed E-state index contributed by atoms with van der Waals surface area (Å²) >= 11 is 5.63. The lowest BCUT2D eigenvalue weighted by Crippen LogP contribution is -2.52. The monoisotopic (exact) mass is 455 g/mol. The van der Waals surface area contributed by atoms with E-state index in [-0.39, 0.29) is 11.9 Å². The number of aromatic nitrogens is 2. The van der Waals surface area contributed by atoms with Gasteiger partial charge in [0.15, 0.2) is 16.6 Å². The van der Waals surface area contributed by atoms with Crippen LogP contribution in [0.1, 0.15) is 18.5 Å². The molecule has 1 fully saturated rings. The molecule has 0 aliphatic carbocycles. The number of benzene rings is 2. The zero-order valence-corrected chi connectivity index (χ0v) is 19.2. The summed E-state index contributed by atoms with van der Waals surface area (Å²) < 4.78 is 24.0. The fraction of sp³-hybridized carbons (Fsp3) is 0.348. The minimum atomic E-state index is -0.243. The third-order valence-corrected chi connectivity index (χ3v) is 6.07. The predicted octanol–water partition coefficient (Wildman–Crippen LogP) is 3.54. The number of ether oxygens (including phenoxy) is 2. The zero-order valence-electron chi connectivity index (χ0n) is 18.3. The van der Waals surface area contributed by atoms with Crippen molar-refractivity contribution in [3.63, 3.8) is 0 Å². The Labute approximate surface area is 192 Å². The Bertz CT molecular complexity index is 1100. The molecule has 1 unspecified atom stereocenters. The Morgan fingerprint density at radius 2 is 1.69 bits per heavy atom. The summed E-state index contributed by atoms with van der Waals surface area (Å²) in [6.07, 6.45) is 1.58. The first-order chi connectivity index (χ1) is 15.5. The molecule has 1 aromatic heterocycles. The highest BCUT2D eigenvalue weighted by atomic mass is 32.1. The summed E-state index contributed by atoms with van der Waals surface area (Å²) in [4.78, 5) is 13.3. The van der Waals surface area contributed by atoms with Gasteiger partial charge in [0.25, 0.3) is 0 Å². The number of hydrogen-bond donors (Lipinski definition) is 1. The molecule has 1 aliphatic rings. The largest absolute Gasteiger partial charge is 0.493 e. The summed E-state index contributed by atoms with van der Waals surface area (Å²) in [5, 5.41) is 4.97. The van der Waals surface area contributed by atoms with Crippen molar-refractivity contribution in [2.24, 2.45) is 0 Å². The van der Waals surface area contributed by atoms with E-state index in [1.807, 2.05) is 19.1 Å². The number of rotatable bonds is 5. The Kier molecular flexibility index (Phi) is 6.55. The highest BCUT2D eigenvalue weighted by molar-refractivity contribution is 7.80. The maximum Gasteiger partial charge on any atom is 0.169 e. The van der Waals surface area contributed by atoms with Crippen molar-refractivity contribution in [3.8, 4) is 11.5 Å². The van der Waals surface area contributed by atoms with Gasteiger partial charge in [0.05, 0.1) is 25.8 Å². The van der Waals surface area contributed by atoms with Gasteiger partial charge in [-0.2, -0.15) is 0 Å². The summed E-state index contributed by atoms with van der Waals surface area (Å²) in [5.74, 6) is 1.91. The third kappa shape index (κ3) is 4.52. The van der Waals surface area contributed by atoms with E-state index in [0.717, 1.165) is 48.5 Å². The molecule has 0 amide bonds. The summed E-state index contributed by atoms with van der Waals surface area (Å²) in [6, 6.07) is 10.3. The van der Waals surface area contributed by atoms with E-state index in [1.165, 1.54) is 12.1 Å². The van der Waals surface area contributed by atoms with E-state index in [2.05, 4.69) is 25.1 Å². The first kappa shape index (κ1) is 22.0. The highest BCUT2D eigenvalue weighted by Gasteiger charge is 2.23. The minimum Gasteiger partial charge on any atom is -0.493 e. The smallest absolute Gasteiger partial charge is 0.169 e. The van der Waals surface area contributed by atoms with E-state index in [1.54, 1.807) is 32.7 Å². The second kappa shape index (κ2) is 9.52. The average Bonchev–Trinajstić information content (AvgIpc) is 2.83. The van der Waals surface area contributed by atoms with Gasteiger partial charge in [-0.1, -0.05) is 12.1 Å². The number of piperazine rings is 1. The van der Waals surface area contributed by atoms with Crippen molar-refractivity contribution in [1.29, 1.82) is 0 Å². The fourth-order valence-electron chi connectivity index (χ4n) is 3.85. The van der Waals surface area contributed by atoms with Crippen LogP contribution in [0.25, 0.3) is 10.9 Å². The summed E-state index contributed by atoms with van der Waals surface area (Å²) in [5.41, 5.74) is 1.80. The molecule has 0 bridgehead atoms. The normalized spacial score (nSPS) is 14.9. The van der Waals surface area contributed by atoms with Crippen LogP contribution in [0.2, 0.25) is 0 Å². The van der Waals surface area contributed by atoms with Crippen LogP contribution in [0.15, 0.2) is 42.7 Å². The molecule has 1 atom stereocenters. The molecule has 1 N–H and O–H groups in total. The molecular formula is C23H26FN5O2S. The topological polar surface area (TPSA) is 62.8 Å². The first-order valence-corrected chi connectivity index (χ1v) is 10.8. The van der Waals surface area contributed by atoms with Gasteiger partial charge in [-0.05, 0) is 42.9 Å². The molecular weight excluding hydrogens is 429 g/mol. The van der Waals surface area contributed by atoms with E-state index in [4.69, 9.17) is 21.7 Å².